The summed E-state index contributed by atoms with van der Waals surface area (Å²) >= 11 is 1.41. The summed E-state index contributed by atoms with van der Waals surface area (Å²) in [5.74, 6) is 0.688. The fourth-order valence-electron chi connectivity index (χ4n) is 2.45. The van der Waals surface area contributed by atoms with Crippen molar-refractivity contribution in [2.45, 2.75) is 24.8 Å². The zero-order valence-corrected chi connectivity index (χ0v) is 15.5. The van der Waals surface area contributed by atoms with Crippen LogP contribution in [0.4, 0.5) is 0 Å². The van der Waals surface area contributed by atoms with Crippen molar-refractivity contribution in [1.29, 1.82) is 5.26 Å². The first kappa shape index (κ1) is 17.6. The van der Waals surface area contributed by atoms with Gasteiger partial charge in [-0.05, 0) is 6.42 Å². The molecule has 128 valence electrons. The van der Waals surface area contributed by atoms with E-state index in [0.29, 0.717) is 32.9 Å². The van der Waals surface area contributed by atoms with Crippen molar-refractivity contribution in [2.24, 2.45) is 0 Å². The summed E-state index contributed by atoms with van der Waals surface area (Å²) in [5.41, 5.74) is 2.63. The van der Waals surface area contributed by atoms with Gasteiger partial charge < -0.3 is 0 Å². The third-order valence-corrected chi connectivity index (χ3v) is 6.63. The molecule has 2 heterocycles. The summed E-state index contributed by atoms with van der Waals surface area (Å²) in [4.78, 5) is 8.95. The number of unbranched alkanes of at least 4 members (excludes halogenated alkanes) is 1. The summed E-state index contributed by atoms with van der Waals surface area (Å²) in [6.07, 6.45) is 5.49. The number of aromatic nitrogens is 3. The summed E-state index contributed by atoms with van der Waals surface area (Å²) in [7, 11) is -0.911. The number of hydrogen-bond donors (Lipinski definition) is 0. The van der Waals surface area contributed by atoms with Gasteiger partial charge in [0.2, 0.25) is 0 Å². The SMILES string of the molecule is CCCCS(=O)CSc1c(C#N)nc(-c2ccccc2)c2nccn12. The molecule has 0 fully saturated rings. The molecule has 0 bridgehead atoms. The molecule has 1 unspecified atom stereocenters. The summed E-state index contributed by atoms with van der Waals surface area (Å²) in [5, 5.41) is 10.7. The van der Waals surface area contributed by atoms with Gasteiger partial charge in [0.25, 0.3) is 0 Å². The van der Waals surface area contributed by atoms with Crippen LogP contribution in [0.1, 0.15) is 25.5 Å². The standard InChI is InChI=1S/C18H18N4OS2/c1-2-3-11-25(23)13-24-18-15(12-19)21-16(14-7-5-4-6-8-14)17-20-9-10-22(17)18/h4-10H,2-3,11,13H2,1H3. The minimum Gasteiger partial charge on any atom is -0.290 e. The lowest BCUT2D eigenvalue weighted by molar-refractivity contribution is 0.682. The van der Waals surface area contributed by atoms with Crippen LogP contribution in [0.3, 0.4) is 0 Å². The summed E-state index contributed by atoms with van der Waals surface area (Å²) in [6.45, 7) is 2.08. The van der Waals surface area contributed by atoms with E-state index in [1.54, 1.807) is 6.20 Å². The number of nitrogens with zero attached hydrogens (tertiary/aromatic N) is 4. The van der Waals surface area contributed by atoms with Crippen molar-refractivity contribution in [1.82, 2.24) is 14.4 Å². The highest BCUT2D eigenvalue weighted by Crippen LogP contribution is 2.29. The van der Waals surface area contributed by atoms with E-state index in [4.69, 9.17) is 0 Å². The zero-order chi connectivity index (χ0) is 17.6. The summed E-state index contributed by atoms with van der Waals surface area (Å²) < 4.78 is 14.0. The van der Waals surface area contributed by atoms with Crippen LogP contribution in [-0.4, -0.2) is 29.4 Å². The topological polar surface area (TPSA) is 71.0 Å². The molecule has 0 amide bonds. The lowest BCUT2D eigenvalue weighted by Gasteiger charge is -2.10. The van der Waals surface area contributed by atoms with Gasteiger partial charge in [0, 0.05) is 34.5 Å². The second kappa shape index (κ2) is 8.28. The van der Waals surface area contributed by atoms with E-state index < -0.39 is 10.8 Å². The number of benzene rings is 1. The number of nitriles is 1. The van der Waals surface area contributed by atoms with Crippen molar-refractivity contribution in [3.8, 4) is 17.3 Å². The van der Waals surface area contributed by atoms with Crippen molar-refractivity contribution in [3.63, 3.8) is 0 Å². The molecule has 2 aromatic heterocycles. The van der Waals surface area contributed by atoms with E-state index >= 15 is 0 Å². The molecule has 25 heavy (non-hydrogen) atoms. The molecule has 0 aliphatic carbocycles. The molecular formula is C18H18N4OS2. The maximum Gasteiger partial charge on any atom is 0.172 e. The van der Waals surface area contributed by atoms with Gasteiger partial charge in [-0.3, -0.25) is 8.61 Å². The normalized spacial score (nSPS) is 12.2. The summed E-state index contributed by atoms with van der Waals surface area (Å²) in [6, 6.07) is 11.9. The molecule has 1 aromatic carbocycles. The lowest BCUT2D eigenvalue weighted by Crippen LogP contribution is -2.04. The van der Waals surface area contributed by atoms with Crippen LogP contribution in [0.15, 0.2) is 47.8 Å². The third-order valence-electron chi connectivity index (χ3n) is 3.70. The van der Waals surface area contributed by atoms with Crippen LogP contribution in [0.2, 0.25) is 0 Å². The Morgan fingerprint density at radius 2 is 2.12 bits per heavy atom. The Hall–Kier alpha value is -2.17. The van der Waals surface area contributed by atoms with Gasteiger partial charge in [-0.25, -0.2) is 9.97 Å². The molecule has 3 rings (SSSR count). The number of fused-ring (bicyclic) bond motifs is 1. The molecule has 0 saturated heterocycles. The Kier molecular flexibility index (Phi) is 5.84. The molecule has 1 atom stereocenters. The van der Waals surface area contributed by atoms with Crippen LogP contribution in [-0.2, 0) is 10.8 Å². The quantitative estimate of drug-likeness (QED) is 0.591. The van der Waals surface area contributed by atoms with Crippen LogP contribution in [0.25, 0.3) is 16.9 Å². The Bertz CT molecular complexity index is 931. The first-order valence-electron chi connectivity index (χ1n) is 8.05. The second-order valence-corrected chi connectivity index (χ2v) is 8.38. The second-order valence-electron chi connectivity index (χ2n) is 5.47. The Balaban J connectivity index is 1.99. The van der Waals surface area contributed by atoms with Crippen LogP contribution >= 0.6 is 11.8 Å². The fraction of sp³-hybridized carbons (Fsp3) is 0.278. The third kappa shape index (κ3) is 3.91. The van der Waals surface area contributed by atoms with Crippen molar-refractivity contribution < 1.29 is 4.21 Å². The largest absolute Gasteiger partial charge is 0.290 e. The van der Waals surface area contributed by atoms with E-state index in [0.717, 1.165) is 18.4 Å². The Morgan fingerprint density at radius 1 is 1.32 bits per heavy atom. The highest BCUT2D eigenvalue weighted by atomic mass is 32.2. The Morgan fingerprint density at radius 3 is 2.84 bits per heavy atom. The molecule has 5 nitrogen and oxygen atoms in total. The zero-order valence-electron chi connectivity index (χ0n) is 13.9. The van der Waals surface area contributed by atoms with Gasteiger partial charge >= 0.3 is 0 Å². The number of hydrogen-bond acceptors (Lipinski definition) is 5. The van der Waals surface area contributed by atoms with Gasteiger partial charge in [-0.15, -0.1) is 0 Å². The van der Waals surface area contributed by atoms with Crippen molar-refractivity contribution in [3.05, 3.63) is 48.4 Å². The van der Waals surface area contributed by atoms with Crippen LogP contribution in [0.5, 0.6) is 0 Å². The van der Waals surface area contributed by atoms with Crippen molar-refractivity contribution >= 4 is 28.2 Å². The van der Waals surface area contributed by atoms with Gasteiger partial charge in [-0.2, -0.15) is 5.26 Å². The highest BCUT2D eigenvalue weighted by molar-refractivity contribution is 8.10. The van der Waals surface area contributed by atoms with E-state index in [1.807, 2.05) is 40.9 Å². The van der Waals surface area contributed by atoms with Gasteiger partial charge in [0.1, 0.15) is 16.8 Å². The van der Waals surface area contributed by atoms with Gasteiger partial charge in [0.15, 0.2) is 11.3 Å². The molecule has 0 spiro atoms. The molecular weight excluding hydrogens is 352 g/mol. The predicted molar refractivity (Wildman–Crippen MR) is 102 cm³/mol. The first-order chi connectivity index (χ1) is 12.2. The van der Waals surface area contributed by atoms with E-state index in [2.05, 4.69) is 23.0 Å². The van der Waals surface area contributed by atoms with E-state index in [9.17, 15) is 9.47 Å². The highest BCUT2D eigenvalue weighted by Gasteiger charge is 2.17. The van der Waals surface area contributed by atoms with E-state index in [-0.39, 0.29) is 0 Å². The number of rotatable bonds is 7. The minimum atomic E-state index is -0.911. The monoisotopic (exact) mass is 370 g/mol. The fourth-order valence-corrected chi connectivity index (χ4v) is 5.02. The molecule has 0 aliphatic heterocycles. The average molecular weight is 371 g/mol. The van der Waals surface area contributed by atoms with Crippen molar-refractivity contribution in [2.75, 3.05) is 10.8 Å². The molecule has 7 heteroatoms. The molecule has 3 aromatic rings. The van der Waals surface area contributed by atoms with Gasteiger partial charge in [-0.1, -0.05) is 55.4 Å². The van der Waals surface area contributed by atoms with Crippen LogP contribution in [0, 0.1) is 11.3 Å². The minimum absolute atomic E-state index is 0.335. The number of imidazole rings is 1. The lowest BCUT2D eigenvalue weighted by atomic mass is 10.1. The maximum atomic E-state index is 12.1. The smallest absolute Gasteiger partial charge is 0.172 e. The molecule has 0 N–H and O–H groups in total. The first-order valence-corrected chi connectivity index (χ1v) is 10.5. The maximum absolute atomic E-state index is 12.1. The molecule has 0 radical (unpaired) electrons. The van der Waals surface area contributed by atoms with E-state index in [1.165, 1.54) is 11.8 Å². The Labute approximate surface area is 153 Å². The molecule has 0 aliphatic rings. The van der Waals surface area contributed by atoms with Crippen LogP contribution < -0.4 is 0 Å². The number of thioether (sulfide) groups is 1. The predicted octanol–water partition coefficient (Wildman–Crippen LogP) is 3.87. The van der Waals surface area contributed by atoms with Gasteiger partial charge in [0.05, 0.1) is 5.08 Å². The average Bonchev–Trinajstić information content (AvgIpc) is 3.14. The molecule has 0 saturated carbocycles.